The Bertz CT molecular complexity index is 715. The molecule has 3 rings (SSSR count). The molecule has 1 heterocycles. The maximum absolute atomic E-state index is 13.1. The van der Waals surface area contributed by atoms with Crippen LogP contribution in [0.25, 0.3) is 0 Å². The van der Waals surface area contributed by atoms with E-state index in [9.17, 15) is 4.79 Å². The average molecular weight is 377 g/mol. The number of carbonyl (C=O) groups is 1. The van der Waals surface area contributed by atoms with Crippen molar-refractivity contribution >= 4 is 34.8 Å². The van der Waals surface area contributed by atoms with Crippen LogP contribution in [0, 0.1) is 5.92 Å². The van der Waals surface area contributed by atoms with E-state index < -0.39 is 0 Å². The predicted molar refractivity (Wildman–Crippen MR) is 104 cm³/mol. The monoisotopic (exact) mass is 376 g/mol. The molecule has 0 aromatic heterocycles. The van der Waals surface area contributed by atoms with Gasteiger partial charge in [0, 0.05) is 22.3 Å². The third kappa shape index (κ3) is 4.75. The lowest BCUT2D eigenvalue weighted by atomic mass is 9.95. The van der Waals surface area contributed by atoms with Gasteiger partial charge in [-0.1, -0.05) is 60.5 Å². The first-order valence-electron chi connectivity index (χ1n) is 8.59. The van der Waals surface area contributed by atoms with E-state index >= 15 is 0 Å². The highest BCUT2D eigenvalue weighted by atomic mass is 35.5. The SMILES string of the molecule is C[C@H]1CCCN([C@@H](C(=O)Nc2cc(Cl)cc(Cl)c2)c2ccccc2)C1. The van der Waals surface area contributed by atoms with Crippen LogP contribution in [0.1, 0.15) is 31.4 Å². The summed E-state index contributed by atoms with van der Waals surface area (Å²) < 4.78 is 0. The van der Waals surface area contributed by atoms with Crippen LogP contribution in [0.3, 0.4) is 0 Å². The van der Waals surface area contributed by atoms with Crippen LogP contribution in [0.5, 0.6) is 0 Å². The number of amides is 1. The number of rotatable bonds is 4. The molecule has 1 amide bonds. The molecule has 1 fully saturated rings. The second-order valence-corrected chi connectivity index (χ2v) is 7.58. The van der Waals surface area contributed by atoms with Crippen molar-refractivity contribution in [2.45, 2.75) is 25.8 Å². The second kappa shape index (κ2) is 8.22. The Hall–Kier alpha value is -1.55. The summed E-state index contributed by atoms with van der Waals surface area (Å²) in [7, 11) is 0. The number of anilines is 1. The molecule has 1 aliphatic heterocycles. The zero-order valence-corrected chi connectivity index (χ0v) is 15.7. The van der Waals surface area contributed by atoms with Crippen molar-refractivity contribution in [3.05, 3.63) is 64.1 Å². The number of hydrogen-bond acceptors (Lipinski definition) is 2. The normalized spacial score (nSPS) is 19.4. The summed E-state index contributed by atoms with van der Waals surface area (Å²) in [6, 6.07) is 14.7. The van der Waals surface area contributed by atoms with E-state index in [4.69, 9.17) is 23.2 Å². The van der Waals surface area contributed by atoms with Gasteiger partial charge in [0.25, 0.3) is 0 Å². The molecular formula is C20H22Cl2N2O. The van der Waals surface area contributed by atoms with Crippen LogP contribution in [0.15, 0.2) is 48.5 Å². The minimum Gasteiger partial charge on any atom is -0.324 e. The Morgan fingerprint density at radius 2 is 1.84 bits per heavy atom. The van der Waals surface area contributed by atoms with E-state index in [1.807, 2.05) is 30.3 Å². The Balaban J connectivity index is 1.86. The van der Waals surface area contributed by atoms with Gasteiger partial charge >= 0.3 is 0 Å². The number of hydrogen-bond donors (Lipinski definition) is 1. The van der Waals surface area contributed by atoms with Gasteiger partial charge in [-0.2, -0.15) is 0 Å². The van der Waals surface area contributed by atoms with Gasteiger partial charge in [0.2, 0.25) is 5.91 Å². The highest BCUT2D eigenvalue weighted by Crippen LogP contribution is 2.29. The summed E-state index contributed by atoms with van der Waals surface area (Å²) in [5.74, 6) is 0.534. The molecule has 2 aromatic rings. The van der Waals surface area contributed by atoms with Gasteiger partial charge in [-0.15, -0.1) is 0 Å². The van der Waals surface area contributed by atoms with E-state index in [1.165, 1.54) is 6.42 Å². The molecule has 132 valence electrons. The molecule has 0 spiro atoms. The van der Waals surface area contributed by atoms with E-state index in [-0.39, 0.29) is 11.9 Å². The molecule has 0 aliphatic carbocycles. The van der Waals surface area contributed by atoms with Gasteiger partial charge in [0.05, 0.1) is 0 Å². The molecule has 2 atom stereocenters. The summed E-state index contributed by atoms with van der Waals surface area (Å²) in [5, 5.41) is 4.00. The molecular weight excluding hydrogens is 355 g/mol. The highest BCUT2D eigenvalue weighted by Gasteiger charge is 2.30. The third-order valence-corrected chi connectivity index (χ3v) is 4.98. The van der Waals surface area contributed by atoms with Gasteiger partial charge < -0.3 is 5.32 Å². The quantitative estimate of drug-likeness (QED) is 0.773. The van der Waals surface area contributed by atoms with Crippen molar-refractivity contribution in [2.75, 3.05) is 18.4 Å². The van der Waals surface area contributed by atoms with Crippen LogP contribution < -0.4 is 5.32 Å². The number of benzene rings is 2. The van der Waals surface area contributed by atoms with Crippen LogP contribution in [-0.2, 0) is 4.79 Å². The Morgan fingerprint density at radius 3 is 2.48 bits per heavy atom. The lowest BCUT2D eigenvalue weighted by molar-refractivity contribution is -0.122. The number of likely N-dealkylation sites (tertiary alicyclic amines) is 1. The molecule has 1 N–H and O–H groups in total. The van der Waals surface area contributed by atoms with Crippen molar-refractivity contribution in [1.82, 2.24) is 4.90 Å². The smallest absolute Gasteiger partial charge is 0.246 e. The van der Waals surface area contributed by atoms with Crippen molar-refractivity contribution in [3.63, 3.8) is 0 Å². The zero-order chi connectivity index (χ0) is 17.8. The maximum atomic E-state index is 13.1. The molecule has 0 bridgehead atoms. The highest BCUT2D eigenvalue weighted by molar-refractivity contribution is 6.35. The van der Waals surface area contributed by atoms with Crippen molar-refractivity contribution < 1.29 is 4.79 Å². The van der Waals surface area contributed by atoms with Crippen molar-refractivity contribution in [1.29, 1.82) is 0 Å². The molecule has 2 aromatic carbocycles. The lowest BCUT2D eigenvalue weighted by Gasteiger charge is -2.36. The largest absolute Gasteiger partial charge is 0.324 e. The average Bonchev–Trinajstić information content (AvgIpc) is 2.55. The third-order valence-electron chi connectivity index (χ3n) is 4.55. The van der Waals surface area contributed by atoms with Gasteiger partial charge in [0.15, 0.2) is 0 Å². The minimum absolute atomic E-state index is 0.0568. The minimum atomic E-state index is -0.318. The molecule has 5 heteroatoms. The number of halogens is 2. The Morgan fingerprint density at radius 1 is 1.16 bits per heavy atom. The van der Waals surface area contributed by atoms with Crippen LogP contribution in [0.4, 0.5) is 5.69 Å². The fourth-order valence-corrected chi connectivity index (χ4v) is 3.99. The van der Waals surface area contributed by atoms with Gasteiger partial charge in [-0.05, 0) is 49.1 Å². The molecule has 0 radical (unpaired) electrons. The summed E-state index contributed by atoms with van der Waals surface area (Å²) >= 11 is 12.1. The molecule has 3 nitrogen and oxygen atoms in total. The molecule has 0 unspecified atom stereocenters. The first-order valence-corrected chi connectivity index (χ1v) is 9.34. The molecule has 25 heavy (non-hydrogen) atoms. The summed E-state index contributed by atoms with van der Waals surface area (Å²) in [6.45, 7) is 4.08. The van der Waals surface area contributed by atoms with Gasteiger partial charge in [0.1, 0.15) is 6.04 Å². The molecule has 1 saturated heterocycles. The lowest BCUT2D eigenvalue weighted by Crippen LogP contribution is -2.42. The van der Waals surface area contributed by atoms with Crippen molar-refractivity contribution in [2.24, 2.45) is 5.92 Å². The maximum Gasteiger partial charge on any atom is 0.246 e. The second-order valence-electron chi connectivity index (χ2n) is 6.70. The van der Waals surface area contributed by atoms with E-state index in [0.717, 1.165) is 25.1 Å². The summed E-state index contributed by atoms with van der Waals surface area (Å²) in [6.07, 6.45) is 2.32. The predicted octanol–water partition coefficient (Wildman–Crippen LogP) is 5.41. The molecule has 0 saturated carbocycles. The Kier molecular flexibility index (Phi) is 6.00. The number of nitrogens with zero attached hydrogens (tertiary/aromatic N) is 1. The van der Waals surface area contributed by atoms with Crippen LogP contribution in [0.2, 0.25) is 10.0 Å². The first-order chi connectivity index (χ1) is 12.0. The van der Waals surface area contributed by atoms with Gasteiger partial charge in [-0.3, -0.25) is 9.69 Å². The topological polar surface area (TPSA) is 32.3 Å². The fraction of sp³-hybridized carbons (Fsp3) is 0.350. The molecule has 1 aliphatic rings. The van der Waals surface area contributed by atoms with E-state index in [0.29, 0.717) is 21.7 Å². The first kappa shape index (κ1) is 18.2. The standard InChI is InChI=1S/C20H22Cl2N2O/c1-14-6-5-9-24(13-14)19(15-7-3-2-4-8-15)20(25)23-18-11-16(21)10-17(22)12-18/h2-4,7-8,10-12,14,19H,5-6,9,13H2,1H3,(H,23,25)/t14-,19+/m0/s1. The van der Waals surface area contributed by atoms with Gasteiger partial charge in [-0.25, -0.2) is 0 Å². The number of piperidine rings is 1. The van der Waals surface area contributed by atoms with Crippen LogP contribution in [-0.4, -0.2) is 23.9 Å². The van der Waals surface area contributed by atoms with E-state index in [2.05, 4.69) is 17.1 Å². The van der Waals surface area contributed by atoms with E-state index in [1.54, 1.807) is 18.2 Å². The zero-order valence-electron chi connectivity index (χ0n) is 14.2. The van der Waals surface area contributed by atoms with Crippen molar-refractivity contribution in [3.8, 4) is 0 Å². The number of nitrogens with one attached hydrogen (secondary N) is 1. The fourth-order valence-electron chi connectivity index (χ4n) is 3.46. The summed E-state index contributed by atoms with van der Waals surface area (Å²) in [4.78, 5) is 15.4. The number of carbonyl (C=O) groups excluding carboxylic acids is 1. The summed E-state index contributed by atoms with van der Waals surface area (Å²) in [5.41, 5.74) is 1.62. The van der Waals surface area contributed by atoms with Crippen LogP contribution >= 0.6 is 23.2 Å². The Labute approximate surface area is 158 Å².